The summed E-state index contributed by atoms with van der Waals surface area (Å²) in [5.74, 6) is -0.369. The van der Waals surface area contributed by atoms with Gasteiger partial charge in [0.05, 0.1) is 4.92 Å². The van der Waals surface area contributed by atoms with Crippen molar-refractivity contribution in [1.82, 2.24) is 14.8 Å². The van der Waals surface area contributed by atoms with Crippen molar-refractivity contribution < 1.29 is 9.72 Å². The third kappa shape index (κ3) is 5.65. The standard InChI is InChI=1S/C23H21N5O3S2/c1-16-9-10-19(20(14-16)28(30)31)25-22(29)21(17-6-3-2-4-7-17)33-23-26-24-15-27(23)12-11-18-8-5-13-32-18/h2-10,13-15,21H,11-12H2,1H3,(H,25,29). The highest BCUT2D eigenvalue weighted by Gasteiger charge is 2.27. The second-order valence-electron chi connectivity index (χ2n) is 7.31. The molecule has 0 bridgehead atoms. The molecule has 8 nitrogen and oxygen atoms in total. The molecule has 1 amide bonds. The summed E-state index contributed by atoms with van der Waals surface area (Å²) in [6.45, 7) is 2.45. The fourth-order valence-electron chi connectivity index (χ4n) is 3.28. The van der Waals surface area contributed by atoms with Gasteiger partial charge in [-0.15, -0.1) is 21.5 Å². The van der Waals surface area contributed by atoms with Crippen LogP contribution >= 0.6 is 23.1 Å². The van der Waals surface area contributed by atoms with Crippen molar-refractivity contribution >= 4 is 40.4 Å². The number of thiophene rings is 1. The first kappa shape index (κ1) is 22.7. The number of nitrogens with zero attached hydrogens (tertiary/aromatic N) is 4. The van der Waals surface area contributed by atoms with Crippen LogP contribution in [0.3, 0.4) is 0 Å². The molecule has 168 valence electrons. The lowest BCUT2D eigenvalue weighted by molar-refractivity contribution is -0.384. The lowest BCUT2D eigenvalue weighted by atomic mass is 10.1. The van der Waals surface area contributed by atoms with Crippen LogP contribution in [0.2, 0.25) is 0 Å². The van der Waals surface area contributed by atoms with E-state index in [0.717, 1.165) is 17.5 Å². The molecule has 0 aliphatic rings. The maximum absolute atomic E-state index is 13.3. The normalized spacial score (nSPS) is 11.8. The molecular formula is C23H21N5O3S2. The Bertz CT molecular complexity index is 1240. The van der Waals surface area contributed by atoms with Crippen molar-refractivity contribution in [2.75, 3.05) is 5.32 Å². The molecule has 4 aromatic rings. The molecule has 10 heteroatoms. The minimum atomic E-state index is -0.670. The summed E-state index contributed by atoms with van der Waals surface area (Å²) in [7, 11) is 0. The van der Waals surface area contributed by atoms with Gasteiger partial charge in [-0.3, -0.25) is 14.9 Å². The first-order valence-corrected chi connectivity index (χ1v) is 11.9. The molecular weight excluding hydrogens is 458 g/mol. The second-order valence-corrected chi connectivity index (χ2v) is 9.42. The van der Waals surface area contributed by atoms with E-state index in [0.29, 0.717) is 11.7 Å². The largest absolute Gasteiger partial charge is 0.319 e. The second kappa shape index (κ2) is 10.4. The summed E-state index contributed by atoms with van der Waals surface area (Å²) in [5.41, 5.74) is 1.53. The van der Waals surface area contributed by atoms with E-state index in [4.69, 9.17) is 0 Å². The van der Waals surface area contributed by atoms with Gasteiger partial charge in [0.25, 0.3) is 5.69 Å². The summed E-state index contributed by atoms with van der Waals surface area (Å²) >= 11 is 2.96. The molecule has 0 aliphatic heterocycles. The maximum atomic E-state index is 13.3. The number of nitrogens with one attached hydrogen (secondary N) is 1. The number of anilines is 1. The van der Waals surface area contributed by atoms with Gasteiger partial charge in [0.1, 0.15) is 17.3 Å². The van der Waals surface area contributed by atoms with Gasteiger partial charge in [-0.05, 0) is 42.0 Å². The molecule has 0 saturated heterocycles. The minimum Gasteiger partial charge on any atom is -0.319 e. The van der Waals surface area contributed by atoms with Crippen LogP contribution in [0.25, 0.3) is 0 Å². The molecule has 4 rings (SSSR count). The lowest BCUT2D eigenvalue weighted by Gasteiger charge is -2.17. The maximum Gasteiger partial charge on any atom is 0.293 e. The summed E-state index contributed by atoms with van der Waals surface area (Å²) < 4.78 is 1.92. The Hall–Kier alpha value is -3.50. The number of carbonyl (C=O) groups excluding carboxylic acids is 1. The molecule has 33 heavy (non-hydrogen) atoms. The highest BCUT2D eigenvalue weighted by Crippen LogP contribution is 2.36. The van der Waals surface area contributed by atoms with E-state index in [-0.39, 0.29) is 17.3 Å². The van der Waals surface area contributed by atoms with Gasteiger partial charge in [0.2, 0.25) is 5.91 Å². The van der Waals surface area contributed by atoms with Crippen LogP contribution in [0.15, 0.2) is 77.5 Å². The highest BCUT2D eigenvalue weighted by molar-refractivity contribution is 8.00. The van der Waals surface area contributed by atoms with Gasteiger partial charge in [-0.1, -0.05) is 54.2 Å². The Labute approximate surface area is 198 Å². The molecule has 2 heterocycles. The number of thioether (sulfide) groups is 1. The van der Waals surface area contributed by atoms with Crippen LogP contribution in [0.5, 0.6) is 0 Å². The Morgan fingerprint density at radius 1 is 1.21 bits per heavy atom. The predicted octanol–water partition coefficient (Wildman–Crippen LogP) is 5.27. The number of hydrogen-bond acceptors (Lipinski definition) is 7. The van der Waals surface area contributed by atoms with E-state index >= 15 is 0 Å². The van der Waals surface area contributed by atoms with Crippen molar-refractivity contribution in [3.63, 3.8) is 0 Å². The predicted molar refractivity (Wildman–Crippen MR) is 130 cm³/mol. The van der Waals surface area contributed by atoms with Gasteiger partial charge in [-0.25, -0.2) is 0 Å². The molecule has 0 fully saturated rings. The van der Waals surface area contributed by atoms with Crippen LogP contribution < -0.4 is 5.32 Å². The number of aryl methyl sites for hydroxylation is 3. The molecule has 2 aromatic heterocycles. The number of amides is 1. The Morgan fingerprint density at radius 3 is 2.76 bits per heavy atom. The monoisotopic (exact) mass is 479 g/mol. The van der Waals surface area contributed by atoms with Crippen LogP contribution in [-0.4, -0.2) is 25.6 Å². The SMILES string of the molecule is Cc1ccc(NC(=O)C(Sc2nncn2CCc2cccs2)c2ccccc2)c([N+](=O)[O-])c1. The molecule has 0 radical (unpaired) electrons. The van der Waals surface area contributed by atoms with E-state index < -0.39 is 10.2 Å². The number of rotatable bonds is 9. The number of aromatic nitrogens is 3. The zero-order chi connectivity index (χ0) is 23.2. The molecule has 2 aromatic carbocycles. The van der Waals surface area contributed by atoms with Gasteiger partial charge in [-0.2, -0.15) is 0 Å². The lowest BCUT2D eigenvalue weighted by Crippen LogP contribution is -2.20. The van der Waals surface area contributed by atoms with Gasteiger partial charge >= 0.3 is 0 Å². The van der Waals surface area contributed by atoms with Gasteiger partial charge in [0.15, 0.2) is 5.16 Å². The summed E-state index contributed by atoms with van der Waals surface area (Å²) in [6.07, 6.45) is 2.49. The van der Waals surface area contributed by atoms with Crippen molar-refractivity contribution in [1.29, 1.82) is 0 Å². The van der Waals surface area contributed by atoms with Crippen molar-refractivity contribution in [2.45, 2.75) is 30.3 Å². The van der Waals surface area contributed by atoms with E-state index in [1.807, 2.05) is 46.3 Å². The molecule has 1 atom stereocenters. The molecule has 0 saturated carbocycles. The fourth-order valence-corrected chi connectivity index (χ4v) is 5.01. The number of carbonyl (C=O) groups is 1. The topological polar surface area (TPSA) is 103 Å². The average molecular weight is 480 g/mol. The first-order chi connectivity index (χ1) is 16.0. The number of benzene rings is 2. The number of nitro groups is 1. The minimum absolute atomic E-state index is 0.140. The summed E-state index contributed by atoms with van der Waals surface area (Å²) in [5, 5.41) is 24.5. The number of nitro benzene ring substituents is 1. The fraction of sp³-hybridized carbons (Fsp3) is 0.174. The van der Waals surface area contributed by atoms with E-state index in [9.17, 15) is 14.9 Å². The van der Waals surface area contributed by atoms with E-state index in [2.05, 4.69) is 21.6 Å². The van der Waals surface area contributed by atoms with Crippen molar-refractivity contribution in [3.8, 4) is 0 Å². The Morgan fingerprint density at radius 2 is 2.03 bits per heavy atom. The van der Waals surface area contributed by atoms with Crippen LogP contribution in [0, 0.1) is 17.0 Å². The average Bonchev–Trinajstić information content (AvgIpc) is 3.49. The van der Waals surface area contributed by atoms with E-state index in [1.165, 1.54) is 22.7 Å². The Kier molecular flexibility index (Phi) is 7.16. The molecule has 0 aliphatic carbocycles. The zero-order valence-electron chi connectivity index (χ0n) is 17.7. The summed E-state index contributed by atoms with van der Waals surface area (Å²) in [6, 6.07) is 18.1. The zero-order valence-corrected chi connectivity index (χ0v) is 19.4. The first-order valence-electron chi connectivity index (χ1n) is 10.2. The molecule has 1 N–H and O–H groups in total. The van der Waals surface area contributed by atoms with Crippen molar-refractivity contribution in [3.05, 3.63) is 98.5 Å². The van der Waals surface area contributed by atoms with Crippen LogP contribution in [0.1, 0.15) is 21.3 Å². The van der Waals surface area contributed by atoms with Gasteiger partial charge < -0.3 is 9.88 Å². The molecule has 1 unspecified atom stereocenters. The van der Waals surface area contributed by atoms with Crippen molar-refractivity contribution in [2.24, 2.45) is 0 Å². The quantitative estimate of drug-likeness (QED) is 0.199. The highest BCUT2D eigenvalue weighted by atomic mass is 32.2. The van der Waals surface area contributed by atoms with Crippen LogP contribution in [0.4, 0.5) is 11.4 Å². The third-order valence-corrected chi connectivity index (χ3v) is 7.12. The van der Waals surface area contributed by atoms with Gasteiger partial charge in [0, 0.05) is 17.5 Å². The molecule has 0 spiro atoms. The summed E-state index contributed by atoms with van der Waals surface area (Å²) in [4.78, 5) is 25.6. The van der Waals surface area contributed by atoms with Crippen LogP contribution in [-0.2, 0) is 17.8 Å². The number of hydrogen-bond donors (Lipinski definition) is 1. The third-order valence-electron chi connectivity index (χ3n) is 4.93. The van der Waals surface area contributed by atoms with E-state index in [1.54, 1.807) is 36.7 Å². The Balaban J connectivity index is 1.58. The smallest absolute Gasteiger partial charge is 0.293 e.